The minimum Gasteiger partial charge on any atom is -0.340 e. The van der Waals surface area contributed by atoms with Crippen molar-refractivity contribution in [2.24, 2.45) is 5.10 Å². The summed E-state index contributed by atoms with van der Waals surface area (Å²) in [7, 11) is 0. The van der Waals surface area contributed by atoms with Gasteiger partial charge in [-0.25, -0.2) is 5.43 Å². The second kappa shape index (κ2) is 5.52. The fourth-order valence-electron chi connectivity index (χ4n) is 2.17. The summed E-state index contributed by atoms with van der Waals surface area (Å²) in [6.07, 6.45) is 3.56. The first kappa shape index (κ1) is 13.1. The maximum atomic E-state index is 10.8. The first-order valence-corrected chi connectivity index (χ1v) is 6.13. The van der Waals surface area contributed by atoms with E-state index >= 15 is 0 Å². The molecule has 98 valence electrons. The number of rotatable bonds is 4. The van der Waals surface area contributed by atoms with E-state index in [-0.39, 0.29) is 5.91 Å². The van der Waals surface area contributed by atoms with Gasteiger partial charge in [0.2, 0.25) is 5.91 Å². The zero-order chi connectivity index (χ0) is 13.8. The summed E-state index contributed by atoms with van der Waals surface area (Å²) >= 11 is 0. The second-order valence-electron chi connectivity index (χ2n) is 4.34. The van der Waals surface area contributed by atoms with Gasteiger partial charge in [0.25, 0.3) is 0 Å². The molecular formula is C15H17N3O. The summed E-state index contributed by atoms with van der Waals surface area (Å²) in [4.78, 5) is 10.8. The van der Waals surface area contributed by atoms with Crippen molar-refractivity contribution in [2.45, 2.75) is 20.4 Å². The number of para-hydroxylation sites is 1. The summed E-state index contributed by atoms with van der Waals surface area (Å²) < 4.78 is 2.18. The molecular weight excluding hydrogens is 238 g/mol. The van der Waals surface area contributed by atoms with Gasteiger partial charge in [-0.05, 0) is 13.0 Å². The molecule has 1 amide bonds. The summed E-state index contributed by atoms with van der Waals surface area (Å²) in [5.74, 6) is -0.177. The number of nitrogens with one attached hydrogen (secondary N) is 1. The molecule has 0 unspecified atom stereocenters. The summed E-state index contributed by atoms with van der Waals surface area (Å²) in [5.41, 5.74) is 5.70. The van der Waals surface area contributed by atoms with Crippen molar-refractivity contribution < 1.29 is 4.79 Å². The lowest BCUT2D eigenvalue weighted by atomic mass is 10.1. The Hall–Kier alpha value is -2.36. The smallest absolute Gasteiger partial charge is 0.236 e. The standard InChI is InChI=1S/C15H17N3O/c1-4-9-18-11(2)14(10-16-17-12(3)19)13-7-5-6-8-15(13)18/h4-8,10H,1,9H2,2-3H3,(H,17,19)/b16-10-. The normalized spacial score (nSPS) is 11.1. The number of hydrazone groups is 1. The Morgan fingerprint density at radius 1 is 1.47 bits per heavy atom. The molecule has 0 radical (unpaired) electrons. The lowest BCUT2D eigenvalue weighted by molar-refractivity contribution is -0.118. The van der Waals surface area contributed by atoms with Gasteiger partial charge in [-0.3, -0.25) is 4.79 Å². The molecule has 0 saturated carbocycles. The minimum absolute atomic E-state index is 0.177. The van der Waals surface area contributed by atoms with E-state index in [0.717, 1.165) is 28.7 Å². The summed E-state index contributed by atoms with van der Waals surface area (Å²) in [5, 5.41) is 5.08. The molecule has 19 heavy (non-hydrogen) atoms. The van der Waals surface area contributed by atoms with Gasteiger partial charge in [0.05, 0.1) is 6.21 Å². The van der Waals surface area contributed by atoms with E-state index in [1.807, 2.05) is 25.1 Å². The number of nitrogens with zero attached hydrogens (tertiary/aromatic N) is 2. The van der Waals surface area contributed by atoms with Gasteiger partial charge in [-0.15, -0.1) is 6.58 Å². The molecule has 1 N–H and O–H groups in total. The highest BCUT2D eigenvalue weighted by atomic mass is 16.2. The Balaban J connectivity index is 2.53. The quantitative estimate of drug-likeness (QED) is 0.509. The molecule has 1 aromatic heterocycles. The van der Waals surface area contributed by atoms with Crippen molar-refractivity contribution in [3.8, 4) is 0 Å². The van der Waals surface area contributed by atoms with E-state index in [2.05, 4.69) is 33.8 Å². The second-order valence-corrected chi connectivity index (χ2v) is 4.34. The Bertz CT molecular complexity index is 653. The molecule has 2 aromatic rings. The lowest BCUT2D eigenvalue weighted by Crippen LogP contribution is -2.12. The highest BCUT2D eigenvalue weighted by Crippen LogP contribution is 2.24. The van der Waals surface area contributed by atoms with Gasteiger partial charge >= 0.3 is 0 Å². The monoisotopic (exact) mass is 255 g/mol. The van der Waals surface area contributed by atoms with Crippen LogP contribution in [0.1, 0.15) is 18.2 Å². The summed E-state index contributed by atoms with van der Waals surface area (Å²) in [6, 6.07) is 8.13. The average Bonchev–Trinajstić information content (AvgIpc) is 2.65. The van der Waals surface area contributed by atoms with E-state index in [9.17, 15) is 4.79 Å². The minimum atomic E-state index is -0.177. The highest BCUT2D eigenvalue weighted by Gasteiger charge is 2.10. The van der Waals surface area contributed by atoms with Crippen LogP contribution in [0, 0.1) is 6.92 Å². The van der Waals surface area contributed by atoms with Gasteiger partial charge < -0.3 is 4.57 Å². The van der Waals surface area contributed by atoms with Crippen LogP contribution >= 0.6 is 0 Å². The van der Waals surface area contributed by atoms with Crippen molar-refractivity contribution in [1.29, 1.82) is 0 Å². The van der Waals surface area contributed by atoms with Gasteiger partial charge in [0.15, 0.2) is 0 Å². The third kappa shape index (κ3) is 2.57. The van der Waals surface area contributed by atoms with E-state index in [4.69, 9.17) is 0 Å². The number of benzene rings is 1. The van der Waals surface area contributed by atoms with Crippen LogP contribution in [0.5, 0.6) is 0 Å². The van der Waals surface area contributed by atoms with Crippen LogP contribution in [-0.2, 0) is 11.3 Å². The SMILES string of the molecule is C=CCn1c(C)c(/C=N\NC(C)=O)c2ccccc21. The van der Waals surface area contributed by atoms with E-state index in [1.54, 1.807) is 6.21 Å². The molecule has 0 aliphatic heterocycles. The maximum absolute atomic E-state index is 10.8. The van der Waals surface area contributed by atoms with E-state index in [1.165, 1.54) is 6.92 Å². The average molecular weight is 255 g/mol. The largest absolute Gasteiger partial charge is 0.340 e. The molecule has 0 bridgehead atoms. The number of allylic oxidation sites excluding steroid dienone is 1. The maximum Gasteiger partial charge on any atom is 0.236 e. The number of aromatic nitrogens is 1. The van der Waals surface area contributed by atoms with Crippen LogP contribution in [0.15, 0.2) is 42.0 Å². The van der Waals surface area contributed by atoms with Crippen LogP contribution in [0.3, 0.4) is 0 Å². The third-order valence-electron chi connectivity index (χ3n) is 3.01. The molecule has 0 atom stereocenters. The number of hydrogen-bond donors (Lipinski definition) is 1. The first-order valence-electron chi connectivity index (χ1n) is 6.13. The Kier molecular flexibility index (Phi) is 3.80. The fraction of sp³-hybridized carbons (Fsp3) is 0.200. The molecule has 1 heterocycles. The third-order valence-corrected chi connectivity index (χ3v) is 3.01. The molecule has 0 fully saturated rings. The molecule has 0 spiro atoms. The predicted molar refractivity (Wildman–Crippen MR) is 78.3 cm³/mol. The Labute approximate surface area is 112 Å². The van der Waals surface area contributed by atoms with Crippen molar-refractivity contribution in [3.05, 3.63) is 48.2 Å². The van der Waals surface area contributed by atoms with Crippen molar-refractivity contribution >= 4 is 23.0 Å². The molecule has 1 aromatic carbocycles. The number of carbonyl (C=O) groups is 1. The topological polar surface area (TPSA) is 46.4 Å². The lowest BCUT2D eigenvalue weighted by Gasteiger charge is -2.03. The van der Waals surface area contributed by atoms with Crippen LogP contribution in [0.4, 0.5) is 0 Å². The number of hydrogen-bond acceptors (Lipinski definition) is 2. The van der Waals surface area contributed by atoms with E-state index in [0.29, 0.717) is 0 Å². The molecule has 2 rings (SSSR count). The molecule has 0 aliphatic rings. The molecule has 0 saturated heterocycles. The highest BCUT2D eigenvalue weighted by molar-refractivity contribution is 6.01. The van der Waals surface area contributed by atoms with Crippen LogP contribution in [0.25, 0.3) is 10.9 Å². The number of carbonyl (C=O) groups excluding carboxylic acids is 1. The van der Waals surface area contributed by atoms with Crippen LogP contribution in [-0.4, -0.2) is 16.7 Å². The number of fused-ring (bicyclic) bond motifs is 1. The fourth-order valence-corrected chi connectivity index (χ4v) is 2.17. The van der Waals surface area contributed by atoms with Crippen molar-refractivity contribution in [3.63, 3.8) is 0 Å². The predicted octanol–water partition coefficient (Wildman–Crippen LogP) is 2.61. The van der Waals surface area contributed by atoms with E-state index < -0.39 is 0 Å². The summed E-state index contributed by atoms with van der Waals surface area (Å²) in [6.45, 7) is 8.01. The Morgan fingerprint density at radius 3 is 2.89 bits per heavy atom. The van der Waals surface area contributed by atoms with Gasteiger partial charge in [-0.1, -0.05) is 24.3 Å². The Morgan fingerprint density at radius 2 is 2.21 bits per heavy atom. The zero-order valence-corrected chi connectivity index (χ0v) is 11.2. The van der Waals surface area contributed by atoms with Gasteiger partial charge in [0, 0.05) is 35.6 Å². The molecule has 0 aliphatic carbocycles. The molecule has 4 nitrogen and oxygen atoms in total. The first-order chi connectivity index (χ1) is 9.15. The zero-order valence-electron chi connectivity index (χ0n) is 11.2. The van der Waals surface area contributed by atoms with Crippen LogP contribution < -0.4 is 5.43 Å². The van der Waals surface area contributed by atoms with Crippen molar-refractivity contribution in [1.82, 2.24) is 9.99 Å². The van der Waals surface area contributed by atoms with Gasteiger partial charge in [-0.2, -0.15) is 5.10 Å². The molecule has 4 heteroatoms. The number of amides is 1. The van der Waals surface area contributed by atoms with Gasteiger partial charge in [0.1, 0.15) is 0 Å². The van der Waals surface area contributed by atoms with Crippen LogP contribution in [0.2, 0.25) is 0 Å². The van der Waals surface area contributed by atoms with Crippen molar-refractivity contribution in [2.75, 3.05) is 0 Å².